The maximum Gasteiger partial charge on any atom is 0.244 e. The number of hydrogen-bond acceptors (Lipinski definition) is 4. The van der Waals surface area contributed by atoms with E-state index in [0.717, 1.165) is 15.5 Å². The highest BCUT2D eigenvalue weighted by atomic mass is 35.5. The third-order valence-electron chi connectivity index (χ3n) is 3.59. The van der Waals surface area contributed by atoms with Crippen LogP contribution in [0.5, 0.6) is 0 Å². The Morgan fingerprint density at radius 3 is 2.50 bits per heavy atom. The number of nitrogens with zero attached hydrogens (tertiary/aromatic N) is 1. The molecule has 0 fully saturated rings. The van der Waals surface area contributed by atoms with Crippen LogP contribution in [0, 0.1) is 0 Å². The number of amides is 2. The minimum absolute atomic E-state index is 0.0349. The summed E-state index contributed by atoms with van der Waals surface area (Å²) in [4.78, 5) is 27.9. The number of likely N-dealkylation sites (N-methyl/N-ethyl adjacent to an activating group) is 1. The molecule has 0 aromatic heterocycles. The Bertz CT molecular complexity index is 753. The first-order chi connectivity index (χ1) is 12.5. The first kappa shape index (κ1) is 20.7. The van der Waals surface area contributed by atoms with Crippen LogP contribution >= 0.6 is 35.1 Å². The standard InChI is InChI=1S/C19H21ClN2O2S2/c1-22(13-18(23)21-16-5-3-4-6-17(16)25-2)19(24)11-12-26-15-9-7-14(20)8-10-15/h3-10H,11-13H2,1-2H3,(H,21,23). The Labute approximate surface area is 167 Å². The Hall–Kier alpha value is -1.63. The van der Waals surface area contributed by atoms with Crippen LogP contribution in [0.3, 0.4) is 0 Å². The molecule has 0 spiro atoms. The van der Waals surface area contributed by atoms with E-state index in [-0.39, 0.29) is 18.4 Å². The average Bonchev–Trinajstić information content (AvgIpc) is 2.63. The molecule has 0 saturated carbocycles. The number of nitrogens with one attached hydrogen (secondary N) is 1. The van der Waals surface area contributed by atoms with Gasteiger partial charge in [0.15, 0.2) is 0 Å². The van der Waals surface area contributed by atoms with Gasteiger partial charge in [0.05, 0.1) is 12.2 Å². The first-order valence-electron chi connectivity index (χ1n) is 8.05. The fraction of sp³-hybridized carbons (Fsp3) is 0.263. The second-order valence-electron chi connectivity index (χ2n) is 5.55. The number of para-hydroxylation sites is 1. The third kappa shape index (κ3) is 6.59. The van der Waals surface area contributed by atoms with E-state index in [1.807, 2.05) is 54.8 Å². The molecule has 0 bridgehead atoms. The van der Waals surface area contributed by atoms with Gasteiger partial charge in [-0.15, -0.1) is 23.5 Å². The molecular formula is C19H21ClN2O2S2. The van der Waals surface area contributed by atoms with Crippen LogP contribution in [0.15, 0.2) is 58.3 Å². The molecule has 138 valence electrons. The number of halogens is 1. The average molecular weight is 409 g/mol. The molecule has 2 rings (SSSR count). The molecule has 26 heavy (non-hydrogen) atoms. The maximum absolute atomic E-state index is 12.2. The van der Waals surface area contributed by atoms with Crippen LogP contribution in [0.1, 0.15) is 6.42 Å². The highest BCUT2D eigenvalue weighted by molar-refractivity contribution is 7.99. The van der Waals surface area contributed by atoms with E-state index < -0.39 is 0 Å². The summed E-state index contributed by atoms with van der Waals surface area (Å²) in [7, 11) is 1.65. The molecular weight excluding hydrogens is 388 g/mol. The van der Waals surface area contributed by atoms with Gasteiger partial charge in [0.2, 0.25) is 11.8 Å². The molecule has 0 unspecified atom stereocenters. The van der Waals surface area contributed by atoms with Gasteiger partial charge in [-0.3, -0.25) is 9.59 Å². The molecule has 7 heteroatoms. The zero-order chi connectivity index (χ0) is 18.9. The highest BCUT2D eigenvalue weighted by Crippen LogP contribution is 2.24. The third-order valence-corrected chi connectivity index (χ3v) is 5.65. The smallest absolute Gasteiger partial charge is 0.244 e. The predicted molar refractivity (Wildman–Crippen MR) is 111 cm³/mol. The molecule has 0 heterocycles. The van der Waals surface area contributed by atoms with Gasteiger partial charge in [-0.25, -0.2) is 0 Å². The van der Waals surface area contributed by atoms with Crippen molar-refractivity contribution in [1.82, 2.24) is 4.90 Å². The molecule has 0 saturated heterocycles. The summed E-state index contributed by atoms with van der Waals surface area (Å²) in [5, 5.41) is 3.56. The summed E-state index contributed by atoms with van der Waals surface area (Å²) < 4.78 is 0. The number of anilines is 1. The van der Waals surface area contributed by atoms with E-state index in [1.54, 1.807) is 30.6 Å². The summed E-state index contributed by atoms with van der Waals surface area (Å²) in [6.45, 7) is 0.0349. The fourth-order valence-corrected chi connectivity index (χ4v) is 3.74. The second kappa shape index (κ2) is 10.5. The van der Waals surface area contributed by atoms with Crippen molar-refractivity contribution in [3.63, 3.8) is 0 Å². The van der Waals surface area contributed by atoms with Crippen molar-refractivity contribution in [3.05, 3.63) is 53.6 Å². The minimum Gasteiger partial charge on any atom is -0.336 e. The van der Waals surface area contributed by atoms with E-state index in [9.17, 15) is 9.59 Å². The topological polar surface area (TPSA) is 49.4 Å². The van der Waals surface area contributed by atoms with E-state index in [1.165, 1.54) is 4.90 Å². The van der Waals surface area contributed by atoms with Crippen LogP contribution in [-0.4, -0.2) is 42.3 Å². The summed E-state index contributed by atoms with van der Waals surface area (Å²) in [6, 6.07) is 15.1. The zero-order valence-corrected chi connectivity index (χ0v) is 17.1. The molecule has 0 atom stereocenters. The maximum atomic E-state index is 12.2. The minimum atomic E-state index is -0.201. The molecule has 2 aromatic carbocycles. The molecule has 2 amide bonds. The molecule has 0 aliphatic heterocycles. The Balaban J connectivity index is 1.77. The van der Waals surface area contributed by atoms with Gasteiger partial charge in [-0.05, 0) is 42.7 Å². The van der Waals surface area contributed by atoms with Crippen molar-refractivity contribution in [2.45, 2.75) is 16.2 Å². The van der Waals surface area contributed by atoms with Crippen LogP contribution in [0.25, 0.3) is 0 Å². The number of hydrogen-bond donors (Lipinski definition) is 1. The van der Waals surface area contributed by atoms with Crippen LogP contribution in [0.4, 0.5) is 5.69 Å². The van der Waals surface area contributed by atoms with Crippen molar-refractivity contribution in [3.8, 4) is 0 Å². The van der Waals surface area contributed by atoms with Gasteiger partial charge < -0.3 is 10.2 Å². The lowest BCUT2D eigenvalue weighted by atomic mass is 10.3. The van der Waals surface area contributed by atoms with Crippen LogP contribution in [-0.2, 0) is 9.59 Å². The van der Waals surface area contributed by atoms with E-state index >= 15 is 0 Å². The van der Waals surface area contributed by atoms with Gasteiger partial charge in [0.1, 0.15) is 0 Å². The van der Waals surface area contributed by atoms with Crippen molar-refractivity contribution < 1.29 is 9.59 Å². The number of carbonyl (C=O) groups excluding carboxylic acids is 2. The van der Waals surface area contributed by atoms with Gasteiger partial charge >= 0.3 is 0 Å². The number of thioether (sulfide) groups is 2. The van der Waals surface area contributed by atoms with Gasteiger partial charge in [-0.1, -0.05) is 23.7 Å². The van der Waals surface area contributed by atoms with E-state index in [2.05, 4.69) is 5.32 Å². The summed E-state index contributed by atoms with van der Waals surface area (Å²) in [5.41, 5.74) is 0.768. The van der Waals surface area contributed by atoms with E-state index in [4.69, 9.17) is 11.6 Å². The van der Waals surface area contributed by atoms with Crippen molar-refractivity contribution >= 4 is 52.6 Å². The quantitative estimate of drug-likeness (QED) is 0.646. The molecule has 0 aliphatic carbocycles. The number of rotatable bonds is 8. The lowest BCUT2D eigenvalue weighted by molar-refractivity contribution is -0.132. The Morgan fingerprint density at radius 1 is 1.12 bits per heavy atom. The molecule has 0 aliphatic rings. The predicted octanol–water partition coefficient (Wildman–Crippen LogP) is 4.64. The fourth-order valence-electron chi connectivity index (χ4n) is 2.22. The SMILES string of the molecule is CSc1ccccc1NC(=O)CN(C)C(=O)CCSc1ccc(Cl)cc1. The zero-order valence-electron chi connectivity index (χ0n) is 14.7. The van der Waals surface area contributed by atoms with Crippen LogP contribution < -0.4 is 5.32 Å². The largest absolute Gasteiger partial charge is 0.336 e. The van der Waals surface area contributed by atoms with Crippen molar-refractivity contribution in [1.29, 1.82) is 0 Å². The van der Waals surface area contributed by atoms with Crippen molar-refractivity contribution in [2.24, 2.45) is 0 Å². The lowest BCUT2D eigenvalue weighted by Gasteiger charge is -2.17. The molecule has 1 N–H and O–H groups in total. The molecule has 2 aromatic rings. The Morgan fingerprint density at radius 2 is 1.81 bits per heavy atom. The van der Waals surface area contributed by atoms with Gasteiger partial charge in [0.25, 0.3) is 0 Å². The molecule has 0 radical (unpaired) electrons. The van der Waals surface area contributed by atoms with Gasteiger partial charge in [-0.2, -0.15) is 0 Å². The molecule has 4 nitrogen and oxygen atoms in total. The van der Waals surface area contributed by atoms with Gasteiger partial charge in [0, 0.05) is 34.0 Å². The summed E-state index contributed by atoms with van der Waals surface area (Å²) in [6.07, 6.45) is 2.33. The number of carbonyl (C=O) groups is 2. The monoisotopic (exact) mass is 408 g/mol. The van der Waals surface area contributed by atoms with E-state index in [0.29, 0.717) is 17.2 Å². The Kier molecular flexibility index (Phi) is 8.35. The second-order valence-corrected chi connectivity index (χ2v) is 8.00. The normalized spacial score (nSPS) is 10.4. The summed E-state index contributed by atoms with van der Waals surface area (Å²) in [5.74, 6) is 0.398. The first-order valence-corrected chi connectivity index (χ1v) is 10.6. The number of benzene rings is 2. The van der Waals surface area contributed by atoms with Crippen LogP contribution in [0.2, 0.25) is 5.02 Å². The highest BCUT2D eigenvalue weighted by Gasteiger charge is 2.14. The van der Waals surface area contributed by atoms with Crippen molar-refractivity contribution in [2.75, 3.05) is 30.9 Å². The summed E-state index contributed by atoms with van der Waals surface area (Å²) >= 11 is 9.01. The lowest BCUT2D eigenvalue weighted by Crippen LogP contribution is -2.35.